The van der Waals surface area contributed by atoms with E-state index in [1.165, 1.54) is 0 Å². The highest BCUT2D eigenvalue weighted by Gasteiger charge is 2.08. The summed E-state index contributed by atoms with van der Waals surface area (Å²) in [6.07, 6.45) is 0. The smallest absolute Gasteiger partial charge is 0.248 e. The van der Waals surface area contributed by atoms with Gasteiger partial charge in [-0.1, -0.05) is 17.7 Å². The highest BCUT2D eigenvalue weighted by atomic mass is 35.5. The van der Waals surface area contributed by atoms with Crippen LogP contribution in [0.1, 0.15) is 15.9 Å². The van der Waals surface area contributed by atoms with Crippen molar-refractivity contribution in [1.29, 1.82) is 0 Å². The molecule has 0 heterocycles. The van der Waals surface area contributed by atoms with E-state index < -0.39 is 5.91 Å². The lowest BCUT2D eigenvalue weighted by atomic mass is 10.1. The van der Waals surface area contributed by atoms with Crippen LogP contribution < -0.4 is 16.2 Å². The summed E-state index contributed by atoms with van der Waals surface area (Å²) in [7, 11) is 1.61. The van der Waals surface area contributed by atoms with Crippen LogP contribution in [-0.4, -0.2) is 13.0 Å². The Hall–Kier alpha value is -1.85. The van der Waals surface area contributed by atoms with E-state index in [9.17, 15) is 4.79 Å². The van der Waals surface area contributed by atoms with Crippen LogP contribution in [0, 0.1) is 0 Å². The molecular weight excluding hydrogens is 308 g/mol. The lowest BCUT2D eigenvalue weighted by molar-refractivity contribution is 0.100. The molecule has 0 atom stereocenters. The second-order valence-electron chi connectivity index (χ2n) is 4.36. The highest BCUT2D eigenvalue weighted by Crippen LogP contribution is 2.33. The molecule has 2 aromatic carbocycles. The molecule has 2 aromatic rings. The van der Waals surface area contributed by atoms with Crippen molar-refractivity contribution in [3.8, 4) is 5.75 Å². The van der Waals surface area contributed by atoms with Gasteiger partial charge in [0, 0.05) is 26.9 Å². The van der Waals surface area contributed by atoms with Gasteiger partial charge in [0.05, 0.1) is 7.11 Å². The maximum atomic E-state index is 11.1. The summed E-state index contributed by atoms with van der Waals surface area (Å²) in [4.78, 5) is 12.0. The van der Waals surface area contributed by atoms with Gasteiger partial charge in [0.15, 0.2) is 0 Å². The number of primary amides is 1. The molecule has 0 fully saturated rings. The number of thioether (sulfide) groups is 1. The molecule has 2 rings (SSSR count). The van der Waals surface area contributed by atoms with Crippen LogP contribution in [0.4, 0.5) is 5.69 Å². The van der Waals surface area contributed by atoms with Gasteiger partial charge in [0.2, 0.25) is 5.91 Å². The number of nitrogens with two attached hydrogens (primary N) is 2. The number of anilines is 1. The van der Waals surface area contributed by atoms with E-state index in [-0.39, 0.29) is 0 Å². The van der Waals surface area contributed by atoms with E-state index in [2.05, 4.69) is 0 Å². The summed E-state index contributed by atoms with van der Waals surface area (Å²) in [5.74, 6) is 0.893. The molecule has 0 aliphatic carbocycles. The number of ether oxygens (including phenoxy) is 1. The summed E-state index contributed by atoms with van der Waals surface area (Å²) in [5, 5.41) is 0.514. The predicted molar refractivity (Wildman–Crippen MR) is 86.9 cm³/mol. The Morgan fingerprint density at radius 3 is 2.67 bits per heavy atom. The van der Waals surface area contributed by atoms with Crippen molar-refractivity contribution in [2.45, 2.75) is 10.6 Å². The van der Waals surface area contributed by atoms with Crippen molar-refractivity contribution in [2.75, 3.05) is 12.8 Å². The van der Waals surface area contributed by atoms with Crippen molar-refractivity contribution >= 4 is 35.0 Å². The number of carbonyl (C=O) groups is 1. The third-order valence-corrected chi connectivity index (χ3v) is 4.41. The van der Waals surface area contributed by atoms with Crippen LogP contribution in [0.5, 0.6) is 5.75 Å². The molecule has 0 aliphatic heterocycles. The van der Waals surface area contributed by atoms with Gasteiger partial charge < -0.3 is 16.2 Å². The van der Waals surface area contributed by atoms with Gasteiger partial charge in [0.1, 0.15) is 5.75 Å². The van der Waals surface area contributed by atoms with E-state index in [1.54, 1.807) is 43.1 Å². The molecule has 0 bridgehead atoms. The van der Waals surface area contributed by atoms with Crippen molar-refractivity contribution in [2.24, 2.45) is 5.73 Å². The third-order valence-electron chi connectivity index (χ3n) is 2.94. The maximum absolute atomic E-state index is 11.1. The number of nitrogen functional groups attached to an aromatic ring is 1. The minimum atomic E-state index is -0.492. The van der Waals surface area contributed by atoms with E-state index in [0.29, 0.717) is 22.0 Å². The minimum absolute atomic E-state index is 0.398. The number of amides is 1. The zero-order valence-corrected chi connectivity index (χ0v) is 13.0. The molecular formula is C15H15ClN2O2S. The molecule has 0 radical (unpaired) electrons. The first kappa shape index (κ1) is 15.5. The Kier molecular flexibility index (Phi) is 4.98. The zero-order valence-electron chi connectivity index (χ0n) is 11.4. The fourth-order valence-corrected chi connectivity index (χ4v) is 3.06. The van der Waals surface area contributed by atoms with Crippen LogP contribution in [0.2, 0.25) is 5.02 Å². The molecule has 1 amide bonds. The quantitative estimate of drug-likeness (QED) is 0.654. The van der Waals surface area contributed by atoms with Gasteiger partial charge in [-0.3, -0.25) is 4.79 Å². The summed E-state index contributed by atoms with van der Waals surface area (Å²) in [5.41, 5.74) is 13.2. The monoisotopic (exact) mass is 322 g/mol. The predicted octanol–water partition coefficient (Wildman–Crippen LogP) is 3.32. The lowest BCUT2D eigenvalue weighted by Gasteiger charge is -2.09. The Morgan fingerprint density at radius 1 is 1.29 bits per heavy atom. The molecule has 0 saturated carbocycles. The van der Waals surface area contributed by atoms with Crippen LogP contribution >= 0.6 is 23.4 Å². The molecule has 0 saturated heterocycles. The number of rotatable bonds is 5. The van der Waals surface area contributed by atoms with Crippen molar-refractivity contribution in [3.05, 3.63) is 52.5 Å². The fraction of sp³-hybridized carbons (Fsp3) is 0.133. The van der Waals surface area contributed by atoms with Crippen molar-refractivity contribution in [3.63, 3.8) is 0 Å². The molecule has 0 unspecified atom stereocenters. The van der Waals surface area contributed by atoms with E-state index in [4.69, 9.17) is 27.8 Å². The Morgan fingerprint density at radius 2 is 2.05 bits per heavy atom. The molecule has 4 nitrogen and oxygen atoms in total. The summed E-state index contributed by atoms with van der Waals surface area (Å²) < 4.78 is 5.18. The topological polar surface area (TPSA) is 78.3 Å². The normalized spacial score (nSPS) is 10.4. The van der Waals surface area contributed by atoms with Gasteiger partial charge in [-0.15, -0.1) is 11.8 Å². The molecule has 0 aliphatic rings. The van der Waals surface area contributed by atoms with Crippen molar-refractivity contribution in [1.82, 2.24) is 0 Å². The second-order valence-corrected chi connectivity index (χ2v) is 5.79. The number of carbonyl (C=O) groups excluding carboxylic acids is 1. The van der Waals surface area contributed by atoms with Crippen LogP contribution in [0.15, 0.2) is 41.3 Å². The van der Waals surface area contributed by atoms with Gasteiger partial charge in [0.25, 0.3) is 0 Å². The number of benzene rings is 2. The first-order chi connectivity index (χ1) is 10.0. The molecule has 0 spiro atoms. The van der Waals surface area contributed by atoms with Crippen LogP contribution in [0.25, 0.3) is 0 Å². The van der Waals surface area contributed by atoms with Crippen molar-refractivity contribution < 1.29 is 9.53 Å². The Labute approximate surface area is 132 Å². The second kappa shape index (κ2) is 6.74. The summed E-state index contributed by atoms with van der Waals surface area (Å²) in [6, 6.07) is 10.5. The molecule has 4 N–H and O–H groups in total. The van der Waals surface area contributed by atoms with E-state index >= 15 is 0 Å². The number of hydrogen-bond acceptors (Lipinski definition) is 4. The van der Waals surface area contributed by atoms with E-state index in [1.807, 2.05) is 12.1 Å². The average molecular weight is 323 g/mol. The standard InChI is InChI=1S/C15H15ClN2O2S/c1-20-11-4-5-13(17)14(7-11)21-8-10-3-2-9(15(18)19)6-12(10)16/h2-7H,8,17H2,1H3,(H2,18,19). The van der Waals surface area contributed by atoms with Gasteiger partial charge in [-0.25, -0.2) is 0 Å². The molecule has 0 aromatic heterocycles. The SMILES string of the molecule is COc1ccc(N)c(SCc2ccc(C(N)=O)cc2Cl)c1. The minimum Gasteiger partial charge on any atom is -0.497 e. The first-order valence-corrected chi connectivity index (χ1v) is 7.52. The molecule has 6 heteroatoms. The maximum Gasteiger partial charge on any atom is 0.248 e. The van der Waals surface area contributed by atoms with Gasteiger partial charge >= 0.3 is 0 Å². The highest BCUT2D eigenvalue weighted by molar-refractivity contribution is 7.98. The third kappa shape index (κ3) is 3.83. The fourth-order valence-electron chi connectivity index (χ4n) is 1.74. The molecule has 110 valence electrons. The number of hydrogen-bond donors (Lipinski definition) is 2. The summed E-state index contributed by atoms with van der Waals surface area (Å²) >= 11 is 7.71. The van der Waals surface area contributed by atoms with Crippen LogP contribution in [-0.2, 0) is 5.75 Å². The largest absolute Gasteiger partial charge is 0.497 e. The molecule has 21 heavy (non-hydrogen) atoms. The van der Waals surface area contributed by atoms with E-state index in [0.717, 1.165) is 16.2 Å². The lowest BCUT2D eigenvalue weighted by Crippen LogP contribution is -2.10. The van der Waals surface area contributed by atoms with Crippen LogP contribution in [0.3, 0.4) is 0 Å². The number of methoxy groups -OCH3 is 1. The Balaban J connectivity index is 2.15. The Bertz CT molecular complexity index is 677. The first-order valence-electron chi connectivity index (χ1n) is 6.16. The average Bonchev–Trinajstić information content (AvgIpc) is 2.47. The van der Waals surface area contributed by atoms with Gasteiger partial charge in [-0.05, 0) is 35.9 Å². The van der Waals surface area contributed by atoms with Gasteiger partial charge in [-0.2, -0.15) is 0 Å². The number of halogens is 1. The zero-order chi connectivity index (χ0) is 15.4. The summed E-state index contributed by atoms with van der Waals surface area (Å²) in [6.45, 7) is 0.